The van der Waals surface area contributed by atoms with Gasteiger partial charge in [-0.3, -0.25) is 4.79 Å². The molecular formula is C16H20Cl2FN3O3. The largest absolute Gasteiger partial charge is 0.477 e. The van der Waals surface area contributed by atoms with Gasteiger partial charge in [-0.25, -0.2) is 9.18 Å². The number of piperazine rings is 1. The van der Waals surface area contributed by atoms with Crippen molar-refractivity contribution in [2.45, 2.75) is 13.5 Å². The molecule has 1 fully saturated rings. The number of rotatable bonds is 3. The summed E-state index contributed by atoms with van der Waals surface area (Å²) in [7, 11) is 0. The van der Waals surface area contributed by atoms with E-state index in [2.05, 4.69) is 5.32 Å². The number of pyridine rings is 1. The summed E-state index contributed by atoms with van der Waals surface area (Å²) in [6.07, 6.45) is 1.33. The molecule has 0 aliphatic carbocycles. The fraction of sp³-hybridized carbons (Fsp3) is 0.375. The van der Waals surface area contributed by atoms with E-state index in [-0.39, 0.29) is 35.8 Å². The van der Waals surface area contributed by atoms with Crippen molar-refractivity contribution in [1.29, 1.82) is 0 Å². The van der Waals surface area contributed by atoms with E-state index in [0.717, 1.165) is 19.2 Å². The summed E-state index contributed by atoms with van der Waals surface area (Å²) in [5.41, 5.74) is 0.0118. The van der Waals surface area contributed by atoms with Crippen LogP contribution in [-0.2, 0) is 6.54 Å². The van der Waals surface area contributed by atoms with Crippen LogP contribution in [0.15, 0.2) is 23.1 Å². The number of benzene rings is 1. The van der Waals surface area contributed by atoms with Crippen molar-refractivity contribution in [2.75, 3.05) is 31.1 Å². The van der Waals surface area contributed by atoms with Crippen LogP contribution in [0.4, 0.5) is 10.1 Å². The van der Waals surface area contributed by atoms with Gasteiger partial charge in [-0.05, 0) is 19.1 Å². The van der Waals surface area contributed by atoms with E-state index < -0.39 is 17.2 Å². The Labute approximate surface area is 156 Å². The second-order valence-corrected chi connectivity index (χ2v) is 5.52. The Bertz CT molecular complexity index is 835. The van der Waals surface area contributed by atoms with Crippen LogP contribution < -0.4 is 15.6 Å². The van der Waals surface area contributed by atoms with E-state index in [9.17, 15) is 14.0 Å². The minimum Gasteiger partial charge on any atom is -0.477 e. The van der Waals surface area contributed by atoms with Crippen LogP contribution in [0.3, 0.4) is 0 Å². The van der Waals surface area contributed by atoms with E-state index in [4.69, 9.17) is 5.11 Å². The maximum Gasteiger partial charge on any atom is 0.341 e. The van der Waals surface area contributed by atoms with Crippen LogP contribution in [0.2, 0.25) is 0 Å². The van der Waals surface area contributed by atoms with Gasteiger partial charge in [-0.1, -0.05) is 0 Å². The number of fused-ring (bicyclic) bond motifs is 1. The van der Waals surface area contributed by atoms with Gasteiger partial charge in [0.05, 0.1) is 11.2 Å². The first-order valence-electron chi connectivity index (χ1n) is 7.58. The van der Waals surface area contributed by atoms with Crippen LogP contribution in [0, 0.1) is 5.82 Å². The quantitative estimate of drug-likeness (QED) is 0.837. The predicted molar refractivity (Wildman–Crippen MR) is 100 cm³/mol. The summed E-state index contributed by atoms with van der Waals surface area (Å²) >= 11 is 0. The lowest BCUT2D eigenvalue weighted by atomic mass is 10.1. The molecular weight excluding hydrogens is 372 g/mol. The minimum absolute atomic E-state index is 0. The Morgan fingerprint density at radius 2 is 1.92 bits per heavy atom. The number of hydrogen-bond acceptors (Lipinski definition) is 4. The third kappa shape index (κ3) is 3.89. The van der Waals surface area contributed by atoms with Crippen molar-refractivity contribution in [3.8, 4) is 0 Å². The molecule has 0 amide bonds. The number of aromatic carboxylic acids is 1. The lowest BCUT2D eigenvalue weighted by molar-refractivity contribution is 0.0695. The molecule has 138 valence electrons. The number of nitrogens with zero attached hydrogens (tertiary/aromatic N) is 2. The average Bonchev–Trinajstić information content (AvgIpc) is 2.55. The molecule has 0 spiro atoms. The van der Waals surface area contributed by atoms with Gasteiger partial charge < -0.3 is 19.9 Å². The number of hydrogen-bond donors (Lipinski definition) is 2. The standard InChI is InChI=1S/C16H18FN3O3.2ClH/c1-2-19-9-11(16(22)23)15(21)10-7-12(17)14(8-13(10)19)20-5-3-18-4-6-20;;/h7-9,18H,2-6H2,1H3,(H,22,23);2*1H. The molecule has 0 saturated carbocycles. The van der Waals surface area contributed by atoms with Gasteiger partial charge in [0.1, 0.15) is 11.4 Å². The fourth-order valence-corrected chi connectivity index (χ4v) is 2.96. The highest BCUT2D eigenvalue weighted by Gasteiger charge is 2.19. The SMILES string of the molecule is CCn1cc(C(=O)O)c(=O)c2cc(F)c(N3CCNCC3)cc21.Cl.Cl. The zero-order chi connectivity index (χ0) is 16.6. The first-order valence-corrected chi connectivity index (χ1v) is 7.58. The van der Waals surface area contributed by atoms with Crippen LogP contribution >= 0.6 is 24.8 Å². The molecule has 1 saturated heterocycles. The van der Waals surface area contributed by atoms with Gasteiger partial charge in [-0.15, -0.1) is 24.8 Å². The maximum absolute atomic E-state index is 14.5. The monoisotopic (exact) mass is 391 g/mol. The van der Waals surface area contributed by atoms with Gasteiger partial charge in [0.2, 0.25) is 5.43 Å². The Morgan fingerprint density at radius 1 is 1.28 bits per heavy atom. The highest BCUT2D eigenvalue weighted by Crippen LogP contribution is 2.25. The number of halogens is 3. The number of carboxylic acids is 1. The number of carbonyl (C=O) groups is 1. The molecule has 2 aromatic rings. The normalized spacial score (nSPS) is 13.9. The van der Waals surface area contributed by atoms with Crippen molar-refractivity contribution in [3.05, 3.63) is 39.9 Å². The average molecular weight is 392 g/mol. The smallest absolute Gasteiger partial charge is 0.341 e. The molecule has 1 aromatic carbocycles. The lowest BCUT2D eigenvalue weighted by Gasteiger charge is -2.30. The lowest BCUT2D eigenvalue weighted by Crippen LogP contribution is -2.43. The molecule has 0 radical (unpaired) electrons. The highest BCUT2D eigenvalue weighted by molar-refractivity contribution is 5.93. The van der Waals surface area contributed by atoms with Gasteiger partial charge in [0, 0.05) is 44.3 Å². The summed E-state index contributed by atoms with van der Waals surface area (Å²) in [5, 5.41) is 12.5. The second-order valence-electron chi connectivity index (χ2n) is 5.52. The minimum atomic E-state index is -1.30. The first kappa shape index (κ1) is 21.2. The molecule has 3 rings (SSSR count). The first-order chi connectivity index (χ1) is 11.0. The van der Waals surface area contributed by atoms with E-state index >= 15 is 0 Å². The summed E-state index contributed by atoms with van der Waals surface area (Å²) < 4.78 is 16.2. The summed E-state index contributed by atoms with van der Waals surface area (Å²) in [6, 6.07) is 2.81. The Morgan fingerprint density at radius 3 is 2.48 bits per heavy atom. The third-order valence-corrected chi connectivity index (χ3v) is 4.18. The zero-order valence-corrected chi connectivity index (χ0v) is 15.3. The van der Waals surface area contributed by atoms with Crippen molar-refractivity contribution < 1.29 is 14.3 Å². The Hall–Kier alpha value is -1.83. The number of aromatic nitrogens is 1. The number of anilines is 1. The molecule has 2 heterocycles. The molecule has 9 heteroatoms. The Balaban J connectivity index is 0.00000156. The van der Waals surface area contributed by atoms with Gasteiger partial charge in [0.25, 0.3) is 0 Å². The van der Waals surface area contributed by atoms with Crippen molar-refractivity contribution in [1.82, 2.24) is 9.88 Å². The van der Waals surface area contributed by atoms with Crippen molar-refractivity contribution in [3.63, 3.8) is 0 Å². The van der Waals surface area contributed by atoms with Gasteiger partial charge >= 0.3 is 5.97 Å². The maximum atomic E-state index is 14.5. The van der Waals surface area contributed by atoms with E-state index in [1.54, 1.807) is 10.6 Å². The fourth-order valence-electron chi connectivity index (χ4n) is 2.96. The van der Waals surface area contributed by atoms with Crippen LogP contribution in [0.5, 0.6) is 0 Å². The number of aryl methyl sites for hydroxylation is 1. The molecule has 25 heavy (non-hydrogen) atoms. The van der Waals surface area contributed by atoms with Crippen LogP contribution in [-0.4, -0.2) is 41.8 Å². The topological polar surface area (TPSA) is 74.6 Å². The van der Waals surface area contributed by atoms with Crippen LogP contribution in [0.1, 0.15) is 17.3 Å². The summed E-state index contributed by atoms with van der Waals surface area (Å²) in [6.45, 7) is 5.26. The van der Waals surface area contributed by atoms with E-state index in [0.29, 0.717) is 30.8 Å². The number of carboxylic acid groups (broad SMARTS) is 1. The molecule has 2 N–H and O–H groups in total. The molecule has 1 aliphatic rings. The van der Waals surface area contributed by atoms with E-state index in [1.807, 2.05) is 11.8 Å². The molecule has 1 aliphatic heterocycles. The second kappa shape index (κ2) is 8.51. The highest BCUT2D eigenvalue weighted by atomic mass is 35.5. The molecule has 0 unspecified atom stereocenters. The van der Waals surface area contributed by atoms with Crippen LogP contribution in [0.25, 0.3) is 10.9 Å². The predicted octanol–water partition coefficient (Wildman–Crippen LogP) is 2.11. The molecule has 0 bridgehead atoms. The van der Waals surface area contributed by atoms with Gasteiger partial charge in [0.15, 0.2) is 0 Å². The summed E-state index contributed by atoms with van der Waals surface area (Å²) in [5.74, 6) is -1.80. The van der Waals surface area contributed by atoms with E-state index in [1.165, 1.54) is 6.20 Å². The molecule has 6 nitrogen and oxygen atoms in total. The van der Waals surface area contributed by atoms with Gasteiger partial charge in [-0.2, -0.15) is 0 Å². The Kier molecular flexibility index (Phi) is 7.22. The summed E-state index contributed by atoms with van der Waals surface area (Å²) in [4.78, 5) is 25.4. The zero-order valence-electron chi connectivity index (χ0n) is 13.6. The number of nitrogens with one attached hydrogen (secondary N) is 1. The van der Waals surface area contributed by atoms with Crippen molar-refractivity contribution in [2.24, 2.45) is 0 Å². The third-order valence-electron chi connectivity index (χ3n) is 4.18. The molecule has 0 atom stereocenters. The molecule has 1 aromatic heterocycles. The van der Waals surface area contributed by atoms with Crippen molar-refractivity contribution >= 4 is 47.4 Å².